The Kier molecular flexibility index (Phi) is 31.9. The summed E-state index contributed by atoms with van der Waals surface area (Å²) in [5.41, 5.74) is 3.54. The molecule has 0 radical (unpaired) electrons. The summed E-state index contributed by atoms with van der Waals surface area (Å²) in [6.45, 7) is 11.9. The van der Waals surface area contributed by atoms with Gasteiger partial charge < -0.3 is 60.8 Å². The molecule has 15 amide bonds. The van der Waals surface area contributed by atoms with E-state index in [1.807, 2.05) is 95.8 Å². The van der Waals surface area contributed by atoms with Gasteiger partial charge in [-0.25, -0.2) is 48.4 Å². The van der Waals surface area contributed by atoms with Crippen LogP contribution in [0.1, 0.15) is 230 Å². The lowest BCUT2D eigenvalue weighted by Gasteiger charge is -2.35. The zero-order valence-corrected chi connectivity index (χ0v) is 85.0. The van der Waals surface area contributed by atoms with Crippen molar-refractivity contribution in [3.05, 3.63) is 161 Å². The van der Waals surface area contributed by atoms with E-state index in [1.54, 1.807) is 4.90 Å². The molecule has 9 aliphatic heterocycles. The van der Waals surface area contributed by atoms with Gasteiger partial charge in [0.05, 0.1) is 61.4 Å². The Bertz CT molecular complexity index is 6390. The Hall–Kier alpha value is -13.0. The molecule has 16 aliphatic rings. The van der Waals surface area contributed by atoms with Crippen LogP contribution >= 0.6 is 0 Å². The Morgan fingerprint density at radius 3 is 1.06 bits per heavy atom. The number of fused-ring (bicyclic) bond motifs is 9. The third-order valence-corrected chi connectivity index (χ3v) is 36.4. The summed E-state index contributed by atoms with van der Waals surface area (Å²) in [5.74, 6) is -11.5. The number of nitrogens with zero attached hydrogens (tertiary/aromatic N) is 6. The number of carbonyl (C=O) groups excluding carboxylic acids is 15. The number of allylic oxidation sites excluding steroid dienone is 3. The van der Waals surface area contributed by atoms with Crippen LogP contribution in [0.15, 0.2) is 111 Å². The molecule has 150 heavy (non-hydrogen) atoms. The van der Waals surface area contributed by atoms with Gasteiger partial charge in [-0.1, -0.05) is 129 Å². The van der Waals surface area contributed by atoms with Crippen LogP contribution in [0.5, 0.6) is 0 Å². The van der Waals surface area contributed by atoms with Crippen LogP contribution in [0.25, 0.3) is 18.2 Å². The molecule has 7 saturated carbocycles. The van der Waals surface area contributed by atoms with Crippen LogP contribution in [0.4, 0.5) is 36.3 Å². The van der Waals surface area contributed by atoms with Gasteiger partial charge >= 0.3 is 24.5 Å². The van der Waals surface area contributed by atoms with Crippen LogP contribution in [0.2, 0.25) is 0 Å². The number of halogens is 5. The smallest absolute Gasteiger partial charge is 0.410 e. The largest absolute Gasteiger partial charge is 0.444 e. The molecule has 0 unspecified atom stereocenters. The van der Waals surface area contributed by atoms with E-state index in [0.29, 0.717) is 83.7 Å². The quantitative estimate of drug-likeness (QED) is 0.0266. The van der Waals surface area contributed by atoms with Crippen molar-refractivity contribution in [1.29, 1.82) is 0 Å². The highest BCUT2D eigenvalue weighted by atomic mass is 32.2. The number of carbonyl (C=O) groups is 15. The van der Waals surface area contributed by atoms with Crippen molar-refractivity contribution in [2.75, 3.05) is 19.6 Å². The second-order valence-corrected chi connectivity index (χ2v) is 47.7. The van der Waals surface area contributed by atoms with Gasteiger partial charge in [0.25, 0.3) is 17.7 Å². The average molecular weight is 2150 g/mol. The van der Waals surface area contributed by atoms with Crippen LogP contribution in [0, 0.1) is 23.7 Å². The summed E-state index contributed by atoms with van der Waals surface area (Å²) in [7, 11) is -11.8. The van der Waals surface area contributed by atoms with Gasteiger partial charge in [0.2, 0.25) is 89.7 Å². The van der Waals surface area contributed by atoms with Crippen molar-refractivity contribution in [1.82, 2.24) is 75.5 Å². The molecule has 47 heteroatoms. The molecule has 0 aromatic heterocycles. The van der Waals surface area contributed by atoms with Crippen molar-refractivity contribution in [2.24, 2.45) is 23.7 Å². The standard InChI is InChI=1S/C37H47N5O8S.C33H38F3N5O8S.C33H39F2N5O8S/c1-2-26-19-37(26,35(46)40-51(48,49)28-16-17-28)39-33(44)30-18-27-21-42(30)34(45)32(24-11-6-3-7-12-24)38-31(43)15-8-4-5-10-23-13-9-14-25-20-41(22-29(23)25)36(47)50-27;1-2-21-14-32(21,30(45)39-50(47,48)23-11-12-23)38-28(43)26-13-22-17-41(26)29(44)25(15-33(34,35)36)37-27(42)10-5-3-4-7-19-8-6-9-20-16-40(18-24(19)20)31(46)49-22;1-2-21-15-33(21,31(44)38-49(46,47)23-11-12-23)37-29(42)26-13-22-17-40(26)30(43)25(14-27(34)35)36-28(41)10-5-3-4-7-19-8-6-9-20-16-39(18-24(19)20)32(45)48-22/h2,5,9-10,13-14,24,26-28,30,32H,1,3-4,6-8,11-12,15-22H2,(H,38,43)(H,39,44)(H,40,46);2,4,6-9,21-23,25-26H,1,3,5,10-18H2,(H,37,42)(H,38,43)(H,39,45);2,4,6-9,21-23,25-27H,1,3,5,10-18H2,(H,36,41)(H,37,42)(H,38,44)/b10-5+;2*7-4+/t26-,27-,30+,32+,37-;21-,22-,25+,26+,32-;21-,22-,25+,26+,33-/m111/s1. The van der Waals surface area contributed by atoms with Gasteiger partial charge in [0, 0.05) is 82.3 Å². The zero-order chi connectivity index (χ0) is 107. The number of ether oxygens (including phenoxy) is 3. The van der Waals surface area contributed by atoms with Gasteiger partial charge in [-0.3, -0.25) is 86.4 Å². The SMILES string of the molecule is C=C[C@@H]1C[C@]1(NC(=O)[C@@H]1C[C@@H]2CN1C(=O)[C@H](C1CCCCC1)NC(=O)CCC/C=C/c1cccc3c1CN(C3)C(=O)O2)C(=O)NS(=O)(=O)C1CC1.C=C[C@@H]1C[C@]1(NC(=O)[C@@H]1C[C@@H]2CN1C(=O)[C@H](CC(F)(F)F)NC(=O)CCC/C=C/c1cccc3c1CN(C3)C(=O)O2)C(=O)NS(=O)(=O)C1CC1.C=C[C@@H]1C[C@]1(NC(=O)[C@@H]1C[C@@H]2CN1C(=O)[C@H](CC(F)F)NC(=O)CCC/C=C/c1cccc3c1CN(C3)C(=O)O2)C(=O)NS(=O)(=O)C1CC1. The predicted octanol–water partition coefficient (Wildman–Crippen LogP) is 7.57. The minimum Gasteiger partial charge on any atom is -0.444 e. The lowest BCUT2D eigenvalue weighted by Crippen LogP contribution is -2.59. The Labute approximate surface area is 864 Å². The Morgan fingerprint density at radius 2 is 0.747 bits per heavy atom. The monoisotopic (exact) mass is 2150 g/mol. The summed E-state index contributed by atoms with van der Waals surface area (Å²) < 4.78 is 168. The van der Waals surface area contributed by atoms with Crippen LogP contribution in [-0.2, 0) is 141 Å². The topological polar surface area (TPSA) is 514 Å². The van der Waals surface area contributed by atoms with E-state index >= 15 is 0 Å². The highest BCUT2D eigenvalue weighted by molar-refractivity contribution is 7.91. The lowest BCUT2D eigenvalue weighted by atomic mass is 9.83. The Balaban J connectivity index is 0.000000153. The fourth-order valence-corrected chi connectivity index (χ4v) is 25.9. The molecule has 3 saturated heterocycles. The van der Waals surface area contributed by atoms with E-state index in [0.717, 1.165) is 92.0 Å². The molecule has 9 N–H and O–H groups in total. The summed E-state index contributed by atoms with van der Waals surface area (Å²) in [5, 5.41) is 13.5. The molecule has 39 nitrogen and oxygen atoms in total. The average Bonchev–Trinajstić information content (AvgIpc) is 1.58. The van der Waals surface area contributed by atoms with Crippen LogP contribution < -0.4 is 46.1 Å². The van der Waals surface area contributed by atoms with Crippen molar-refractivity contribution >= 4 is 137 Å². The third-order valence-electron chi connectivity index (χ3n) is 31.0. The maximum Gasteiger partial charge on any atom is 0.410 e. The van der Waals surface area contributed by atoms with Crippen molar-refractivity contribution in [3.63, 3.8) is 0 Å². The molecule has 10 fully saturated rings. The minimum atomic E-state index is -4.88. The van der Waals surface area contributed by atoms with Crippen molar-refractivity contribution in [2.45, 2.75) is 319 Å². The summed E-state index contributed by atoms with van der Waals surface area (Å²) in [6.07, 6.45) is 9.50. The van der Waals surface area contributed by atoms with E-state index in [1.165, 1.54) is 32.9 Å². The first-order chi connectivity index (χ1) is 71.4. The number of nitrogens with one attached hydrogen (secondary N) is 9. The van der Waals surface area contributed by atoms with E-state index in [4.69, 9.17) is 14.2 Å². The van der Waals surface area contributed by atoms with E-state index in [2.05, 4.69) is 61.1 Å². The fourth-order valence-electron chi connectivity index (χ4n) is 21.8. The maximum atomic E-state index is 14.6. The first-order valence-corrected chi connectivity index (χ1v) is 55.9. The normalized spacial score (nSPS) is 29.8. The van der Waals surface area contributed by atoms with Gasteiger partial charge in [-0.15, -0.1) is 19.7 Å². The number of rotatable bonds is 22. The maximum absolute atomic E-state index is 14.6. The second-order valence-electron chi connectivity index (χ2n) is 41.8. The van der Waals surface area contributed by atoms with Gasteiger partial charge in [0.15, 0.2) is 0 Å². The zero-order valence-electron chi connectivity index (χ0n) is 82.6. The predicted molar refractivity (Wildman–Crippen MR) is 528 cm³/mol. The first kappa shape index (κ1) is 108. The minimum absolute atomic E-state index is 0.00748. The Morgan fingerprint density at radius 1 is 0.427 bits per heavy atom. The molecule has 15 atom stereocenters. The molecule has 808 valence electrons. The highest BCUT2D eigenvalue weighted by Gasteiger charge is 2.66. The summed E-state index contributed by atoms with van der Waals surface area (Å²) in [4.78, 5) is 211. The van der Waals surface area contributed by atoms with Crippen molar-refractivity contribution in [3.8, 4) is 0 Å². The van der Waals surface area contributed by atoms with Gasteiger partial charge in [-0.2, -0.15) is 13.2 Å². The molecule has 7 aliphatic carbocycles. The number of amides is 15. The molecular weight excluding hydrogens is 2020 g/mol. The van der Waals surface area contributed by atoms with E-state index in [-0.39, 0.29) is 115 Å². The summed E-state index contributed by atoms with van der Waals surface area (Å²) >= 11 is 0. The number of alkyl halides is 5. The molecule has 19 rings (SSSR count). The summed E-state index contributed by atoms with van der Waals surface area (Å²) in [6, 6.07) is 8.51. The number of hydrogen-bond acceptors (Lipinski definition) is 24. The van der Waals surface area contributed by atoms with Crippen LogP contribution in [0.3, 0.4) is 0 Å². The molecule has 12 bridgehead atoms. The van der Waals surface area contributed by atoms with Gasteiger partial charge in [0.1, 0.15) is 71.2 Å². The van der Waals surface area contributed by atoms with Gasteiger partial charge in [-0.05, 0) is 165 Å². The highest BCUT2D eigenvalue weighted by Crippen LogP contribution is 2.50. The van der Waals surface area contributed by atoms with Crippen molar-refractivity contribution < 1.29 is 133 Å². The number of benzene rings is 3. The molecule has 0 spiro atoms. The number of sulfonamides is 3. The van der Waals surface area contributed by atoms with E-state index < -0.39 is 250 Å². The third kappa shape index (κ3) is 24.6. The second kappa shape index (κ2) is 44.2. The molecule has 9 heterocycles. The van der Waals surface area contributed by atoms with E-state index in [9.17, 15) is 119 Å². The number of hydrogen-bond donors (Lipinski definition) is 9. The molecule has 3 aromatic rings. The first-order valence-electron chi connectivity index (χ1n) is 51.2. The van der Waals surface area contributed by atoms with Crippen LogP contribution in [-0.4, -0.2) is 263 Å². The lowest BCUT2D eigenvalue weighted by molar-refractivity contribution is -0.157. The molecule has 3 aromatic carbocycles. The fraction of sp³-hybridized carbons (Fsp3) is 0.563. The molecular formula is C103H124F5N15O24S3.